The number of H-pyrrole nitrogens is 1. The summed E-state index contributed by atoms with van der Waals surface area (Å²) in [7, 11) is 0. The molecule has 0 bridgehead atoms. The lowest BCUT2D eigenvalue weighted by atomic mass is 9.66. The summed E-state index contributed by atoms with van der Waals surface area (Å²) in [6.45, 7) is 0. The van der Waals surface area contributed by atoms with Gasteiger partial charge in [-0.1, -0.05) is 140 Å². The molecule has 7 heteroatoms. The zero-order valence-electron chi connectivity index (χ0n) is 32.3. The van der Waals surface area contributed by atoms with Gasteiger partial charge in [-0.2, -0.15) is 0 Å². The third-order valence-corrected chi connectivity index (χ3v) is 12.1. The predicted molar refractivity (Wildman–Crippen MR) is 239 cm³/mol. The number of fused-ring (bicyclic) bond motifs is 9. The third kappa shape index (κ3) is 5.29. The molecule has 2 N–H and O–H groups in total. The van der Waals surface area contributed by atoms with E-state index in [9.17, 15) is 0 Å². The molecule has 6 aromatic carbocycles. The van der Waals surface area contributed by atoms with Gasteiger partial charge in [0, 0.05) is 40.2 Å². The summed E-state index contributed by atoms with van der Waals surface area (Å²) in [5.74, 6) is 3.18. The number of rotatable bonds is 6. The number of nitrogens with one attached hydrogen (secondary N) is 2. The first-order valence-corrected chi connectivity index (χ1v) is 20.3. The fourth-order valence-corrected chi connectivity index (χ4v) is 9.47. The molecule has 60 heavy (non-hydrogen) atoms. The molecule has 1 spiro atoms. The molecule has 0 saturated carbocycles. The first kappa shape index (κ1) is 34.2. The molecule has 0 amide bonds. The van der Waals surface area contributed by atoms with Crippen molar-refractivity contribution in [2.75, 3.05) is 0 Å². The average molecular weight is 773 g/mol. The molecule has 2 aromatic heterocycles. The number of pyridine rings is 1. The molecular formula is C53H36N6O. The topological polar surface area (TPSA) is 87.0 Å². The summed E-state index contributed by atoms with van der Waals surface area (Å²) in [6.07, 6.45) is 7.38. The SMILES string of the molecule is C1=CC(c2cc(-c3ccc(C4=NC(c5cccc6c5-c5ccccc5C65c6ccccc6Oc6ccccc65)NC(c5ccccc5)=N4)cc3)cc(-c3ccc[nH]3)n2)N=C1. The summed E-state index contributed by atoms with van der Waals surface area (Å²) < 4.78 is 6.59. The van der Waals surface area contributed by atoms with Gasteiger partial charge in [-0.15, -0.1) is 0 Å². The lowest BCUT2D eigenvalue weighted by Gasteiger charge is -2.39. The highest BCUT2D eigenvalue weighted by Gasteiger charge is 2.51. The van der Waals surface area contributed by atoms with Crippen LogP contribution in [0.1, 0.15) is 56.8 Å². The van der Waals surface area contributed by atoms with E-state index in [-0.39, 0.29) is 6.04 Å². The third-order valence-electron chi connectivity index (χ3n) is 12.1. The molecule has 1 aliphatic carbocycles. The standard InChI is InChI=1S/C53H36N6O/c1-2-13-34(14-3-1)50-57-51(35-27-25-33(26-28-35)36-31-45(43-21-11-29-54-43)56-46(32-36)44-22-12-30-55-44)59-52(58-50)38-16-10-20-42-49(38)37-15-4-5-17-39(37)53(42)40-18-6-8-23-47(40)60-48-24-9-7-19-41(48)53/h1-32,43,52,55H,(H,57,58,59). The Morgan fingerprint density at radius 1 is 0.583 bits per heavy atom. The Morgan fingerprint density at radius 3 is 2.05 bits per heavy atom. The second kappa shape index (κ2) is 13.6. The number of aromatic amines is 1. The second-order valence-corrected chi connectivity index (χ2v) is 15.4. The number of aliphatic imine (C=N–C) groups is 3. The largest absolute Gasteiger partial charge is 0.457 e. The van der Waals surface area contributed by atoms with Gasteiger partial charge in [-0.25, -0.2) is 15.0 Å². The van der Waals surface area contributed by atoms with Crippen molar-refractivity contribution >= 4 is 17.9 Å². The quantitative estimate of drug-likeness (QED) is 0.176. The van der Waals surface area contributed by atoms with Crippen molar-refractivity contribution in [3.05, 3.63) is 233 Å². The molecule has 0 radical (unpaired) electrons. The summed E-state index contributed by atoms with van der Waals surface area (Å²) in [5.41, 5.74) is 14.4. The van der Waals surface area contributed by atoms with Crippen molar-refractivity contribution in [2.24, 2.45) is 15.0 Å². The summed E-state index contributed by atoms with van der Waals surface area (Å²) >= 11 is 0. The van der Waals surface area contributed by atoms with E-state index < -0.39 is 11.6 Å². The van der Waals surface area contributed by atoms with Crippen LogP contribution in [0.15, 0.2) is 203 Å². The molecule has 284 valence electrons. The van der Waals surface area contributed by atoms with Gasteiger partial charge in [0.2, 0.25) is 0 Å². The van der Waals surface area contributed by atoms with Crippen LogP contribution in [0, 0.1) is 0 Å². The summed E-state index contributed by atoms with van der Waals surface area (Å²) in [4.78, 5) is 23.6. The molecule has 0 fully saturated rings. The Kier molecular flexibility index (Phi) is 7.75. The van der Waals surface area contributed by atoms with Gasteiger partial charge in [0.05, 0.1) is 22.5 Å². The highest BCUT2D eigenvalue weighted by molar-refractivity contribution is 6.13. The number of aromatic nitrogens is 2. The van der Waals surface area contributed by atoms with Crippen LogP contribution in [0.25, 0.3) is 33.6 Å². The Labute approximate surface area is 347 Å². The lowest BCUT2D eigenvalue weighted by molar-refractivity contribution is 0.436. The smallest absolute Gasteiger partial charge is 0.159 e. The molecule has 12 rings (SSSR count). The van der Waals surface area contributed by atoms with Crippen molar-refractivity contribution in [1.29, 1.82) is 0 Å². The number of hydrogen-bond donors (Lipinski definition) is 2. The van der Waals surface area contributed by atoms with Crippen LogP contribution in [-0.2, 0) is 5.41 Å². The number of allylic oxidation sites excluding steroid dienone is 1. The molecule has 2 unspecified atom stereocenters. The highest BCUT2D eigenvalue weighted by Crippen LogP contribution is 2.62. The van der Waals surface area contributed by atoms with Crippen molar-refractivity contribution in [3.8, 4) is 45.1 Å². The fourth-order valence-electron chi connectivity index (χ4n) is 9.47. The maximum absolute atomic E-state index is 6.59. The number of hydrogen-bond acceptors (Lipinski definition) is 6. The Balaban J connectivity index is 0.999. The molecule has 2 atom stereocenters. The molecule has 5 heterocycles. The second-order valence-electron chi connectivity index (χ2n) is 15.4. The van der Waals surface area contributed by atoms with Gasteiger partial charge in [-0.05, 0) is 75.9 Å². The van der Waals surface area contributed by atoms with E-state index in [0.717, 1.165) is 73.4 Å². The van der Waals surface area contributed by atoms with E-state index in [2.05, 4.69) is 161 Å². The van der Waals surface area contributed by atoms with E-state index in [1.807, 2.05) is 48.8 Å². The molecule has 4 aliphatic rings. The molecule has 8 aromatic rings. The number of nitrogens with zero attached hydrogens (tertiary/aromatic N) is 4. The van der Waals surface area contributed by atoms with Crippen molar-refractivity contribution < 1.29 is 4.74 Å². The van der Waals surface area contributed by atoms with Crippen LogP contribution in [0.3, 0.4) is 0 Å². The Hall–Kier alpha value is -7.90. The van der Waals surface area contributed by atoms with E-state index in [1.54, 1.807) is 0 Å². The maximum atomic E-state index is 6.59. The van der Waals surface area contributed by atoms with Gasteiger partial charge in [0.25, 0.3) is 0 Å². The Morgan fingerprint density at radius 2 is 1.30 bits per heavy atom. The minimum Gasteiger partial charge on any atom is -0.457 e. The van der Waals surface area contributed by atoms with E-state index in [4.69, 9.17) is 19.7 Å². The molecule has 3 aliphatic heterocycles. The van der Waals surface area contributed by atoms with Gasteiger partial charge < -0.3 is 15.0 Å². The van der Waals surface area contributed by atoms with Gasteiger partial charge >= 0.3 is 0 Å². The van der Waals surface area contributed by atoms with Crippen molar-refractivity contribution in [1.82, 2.24) is 15.3 Å². The fraction of sp³-hybridized carbons (Fsp3) is 0.0566. The van der Waals surface area contributed by atoms with Crippen LogP contribution in [0.2, 0.25) is 0 Å². The van der Waals surface area contributed by atoms with E-state index in [0.29, 0.717) is 5.84 Å². The van der Waals surface area contributed by atoms with E-state index >= 15 is 0 Å². The summed E-state index contributed by atoms with van der Waals surface area (Å²) in [5, 5.41) is 3.78. The molecule has 0 saturated heterocycles. The average Bonchev–Trinajstić information content (AvgIpc) is 4.12. The van der Waals surface area contributed by atoms with Crippen LogP contribution >= 0.6 is 0 Å². The number of amidine groups is 2. The maximum Gasteiger partial charge on any atom is 0.159 e. The van der Waals surface area contributed by atoms with Crippen molar-refractivity contribution in [2.45, 2.75) is 17.6 Å². The van der Waals surface area contributed by atoms with Crippen LogP contribution in [-0.4, -0.2) is 27.9 Å². The monoisotopic (exact) mass is 772 g/mol. The summed E-state index contributed by atoms with van der Waals surface area (Å²) in [6, 6.07) is 59.5. The van der Waals surface area contributed by atoms with E-state index in [1.165, 1.54) is 22.3 Å². The number of para-hydroxylation sites is 2. The van der Waals surface area contributed by atoms with Crippen LogP contribution < -0.4 is 10.1 Å². The first-order valence-electron chi connectivity index (χ1n) is 20.3. The Bertz CT molecular complexity index is 3050. The zero-order chi connectivity index (χ0) is 39.6. The highest BCUT2D eigenvalue weighted by atomic mass is 16.5. The normalized spacial score (nSPS) is 17.5. The molecule has 7 nitrogen and oxygen atoms in total. The van der Waals surface area contributed by atoms with Gasteiger partial charge in [0.15, 0.2) is 5.84 Å². The number of benzene rings is 6. The van der Waals surface area contributed by atoms with Crippen LogP contribution in [0.5, 0.6) is 11.5 Å². The first-order chi connectivity index (χ1) is 29.7. The minimum absolute atomic E-state index is 0.109. The minimum atomic E-state index is -0.575. The van der Waals surface area contributed by atoms with Gasteiger partial charge in [-0.3, -0.25) is 4.99 Å². The van der Waals surface area contributed by atoms with Crippen LogP contribution in [0.4, 0.5) is 0 Å². The predicted octanol–water partition coefficient (Wildman–Crippen LogP) is 11.4. The van der Waals surface area contributed by atoms with Gasteiger partial charge in [0.1, 0.15) is 29.5 Å². The lowest BCUT2D eigenvalue weighted by Crippen LogP contribution is -2.34. The van der Waals surface area contributed by atoms with Crippen molar-refractivity contribution in [3.63, 3.8) is 0 Å². The number of ether oxygens (including phenoxy) is 1. The molecular weight excluding hydrogens is 737 g/mol. The zero-order valence-corrected chi connectivity index (χ0v) is 32.3.